The number of nitrogens with one attached hydrogen (secondary N) is 1. The molecule has 7 heteroatoms. The summed E-state index contributed by atoms with van der Waals surface area (Å²) in [6.45, 7) is 2.68. The third-order valence-corrected chi connectivity index (χ3v) is 3.27. The molecule has 140 valence electrons. The molecule has 0 radical (unpaired) electrons. The van der Waals surface area contributed by atoms with Crippen LogP contribution in [0, 0.1) is 0 Å². The molecular weight excluding hydrogens is 350 g/mol. The Balaban J connectivity index is 2.10. The monoisotopic (exact) mass is 369 g/mol. The summed E-state index contributed by atoms with van der Waals surface area (Å²) in [4.78, 5) is 34.3. The average Bonchev–Trinajstić information content (AvgIpc) is 2.61. The fourth-order valence-electron chi connectivity index (χ4n) is 2.20. The van der Waals surface area contributed by atoms with Crippen molar-refractivity contribution in [3.8, 4) is 17.2 Å². The Morgan fingerprint density at radius 1 is 0.963 bits per heavy atom. The number of carbonyl (C=O) groups is 3. The molecule has 2 aromatic rings. The Kier molecular flexibility index (Phi) is 6.71. The second-order valence-electron chi connectivity index (χ2n) is 5.43. The van der Waals surface area contributed by atoms with Gasteiger partial charge in [-0.2, -0.15) is 0 Å². The Morgan fingerprint density at radius 2 is 1.67 bits per heavy atom. The van der Waals surface area contributed by atoms with Gasteiger partial charge in [0.1, 0.15) is 5.75 Å². The van der Waals surface area contributed by atoms with E-state index in [1.807, 2.05) is 0 Å². The minimum Gasteiger partial charge on any atom is -0.493 e. The van der Waals surface area contributed by atoms with Crippen molar-refractivity contribution in [1.82, 2.24) is 0 Å². The van der Waals surface area contributed by atoms with E-state index in [-0.39, 0.29) is 11.7 Å². The highest BCUT2D eigenvalue weighted by Gasteiger charge is 2.11. The molecular formula is C20H19NO6. The van der Waals surface area contributed by atoms with Crippen molar-refractivity contribution in [3.05, 3.63) is 54.1 Å². The fourth-order valence-corrected chi connectivity index (χ4v) is 2.20. The summed E-state index contributed by atoms with van der Waals surface area (Å²) >= 11 is 0. The van der Waals surface area contributed by atoms with E-state index in [1.165, 1.54) is 33.1 Å². The van der Waals surface area contributed by atoms with E-state index in [4.69, 9.17) is 14.2 Å². The molecule has 0 aliphatic carbocycles. The van der Waals surface area contributed by atoms with Crippen LogP contribution in [0.1, 0.15) is 19.4 Å². The summed E-state index contributed by atoms with van der Waals surface area (Å²) in [5, 5.41) is 2.62. The lowest BCUT2D eigenvalue weighted by molar-refractivity contribution is -0.132. The number of para-hydroxylation sites is 1. The first-order valence-electron chi connectivity index (χ1n) is 8.02. The van der Waals surface area contributed by atoms with Crippen LogP contribution in [-0.2, 0) is 14.4 Å². The second-order valence-corrected chi connectivity index (χ2v) is 5.43. The Bertz CT molecular complexity index is 871. The molecule has 0 unspecified atom stereocenters. The third-order valence-electron chi connectivity index (χ3n) is 3.27. The first-order chi connectivity index (χ1) is 12.9. The molecule has 0 fully saturated rings. The van der Waals surface area contributed by atoms with Crippen molar-refractivity contribution in [3.63, 3.8) is 0 Å². The van der Waals surface area contributed by atoms with Crippen LogP contribution in [0.25, 0.3) is 6.08 Å². The predicted molar refractivity (Wildman–Crippen MR) is 99.7 cm³/mol. The number of methoxy groups -OCH3 is 1. The van der Waals surface area contributed by atoms with Gasteiger partial charge in [-0.1, -0.05) is 12.1 Å². The number of amides is 1. The lowest BCUT2D eigenvalue weighted by Gasteiger charge is -2.10. The molecule has 0 spiro atoms. The zero-order valence-corrected chi connectivity index (χ0v) is 15.1. The molecule has 0 atom stereocenters. The van der Waals surface area contributed by atoms with Crippen molar-refractivity contribution in [2.24, 2.45) is 0 Å². The first kappa shape index (κ1) is 19.7. The minimum atomic E-state index is -0.612. The summed E-state index contributed by atoms with van der Waals surface area (Å²) < 4.78 is 15.5. The predicted octanol–water partition coefficient (Wildman–Crippen LogP) is 3.20. The second kappa shape index (κ2) is 9.19. The smallest absolute Gasteiger partial charge is 0.336 e. The molecule has 0 saturated carbocycles. The first-order valence-corrected chi connectivity index (χ1v) is 8.02. The van der Waals surface area contributed by atoms with Gasteiger partial charge in [0, 0.05) is 31.2 Å². The molecule has 0 heterocycles. The van der Waals surface area contributed by atoms with E-state index in [1.54, 1.807) is 42.5 Å². The van der Waals surface area contributed by atoms with Crippen molar-refractivity contribution in [2.75, 3.05) is 12.4 Å². The lowest BCUT2D eigenvalue weighted by atomic mass is 10.1. The van der Waals surface area contributed by atoms with Gasteiger partial charge in [-0.15, -0.1) is 0 Å². The molecule has 0 aliphatic heterocycles. The standard InChI is InChI=1S/C20H19NO6/c1-13(22)21-16-8-10-17(11-9-16)27-19(24)12-7-15-5-4-6-18(25-3)20(15)26-14(2)23/h4-12H,1-3H3,(H,21,22). The average molecular weight is 369 g/mol. The number of carbonyl (C=O) groups excluding carboxylic acids is 3. The van der Waals surface area contributed by atoms with Crippen molar-refractivity contribution in [2.45, 2.75) is 13.8 Å². The summed E-state index contributed by atoms with van der Waals surface area (Å²) in [7, 11) is 1.45. The van der Waals surface area contributed by atoms with E-state index in [0.717, 1.165) is 0 Å². The van der Waals surface area contributed by atoms with E-state index >= 15 is 0 Å². The van der Waals surface area contributed by atoms with Crippen molar-refractivity contribution >= 4 is 29.6 Å². The van der Waals surface area contributed by atoms with E-state index in [9.17, 15) is 14.4 Å². The van der Waals surface area contributed by atoms with Gasteiger partial charge in [0.15, 0.2) is 11.5 Å². The number of rotatable bonds is 6. The van der Waals surface area contributed by atoms with Gasteiger partial charge in [-0.05, 0) is 36.4 Å². The van der Waals surface area contributed by atoms with Gasteiger partial charge in [-0.25, -0.2) is 4.79 Å². The highest BCUT2D eigenvalue weighted by molar-refractivity contribution is 5.90. The van der Waals surface area contributed by atoms with Crippen LogP contribution in [0.5, 0.6) is 17.2 Å². The molecule has 1 amide bonds. The maximum atomic E-state index is 12.0. The van der Waals surface area contributed by atoms with Gasteiger partial charge < -0.3 is 19.5 Å². The Hall–Kier alpha value is -3.61. The molecule has 0 aliphatic rings. The highest BCUT2D eigenvalue weighted by atomic mass is 16.6. The molecule has 0 bridgehead atoms. The fraction of sp³-hybridized carbons (Fsp3) is 0.150. The van der Waals surface area contributed by atoms with Gasteiger partial charge in [-0.3, -0.25) is 9.59 Å². The Labute approximate surface area is 156 Å². The van der Waals surface area contributed by atoms with E-state index in [0.29, 0.717) is 22.7 Å². The van der Waals surface area contributed by atoms with Crippen LogP contribution in [0.2, 0.25) is 0 Å². The Morgan fingerprint density at radius 3 is 2.26 bits per heavy atom. The highest BCUT2D eigenvalue weighted by Crippen LogP contribution is 2.32. The van der Waals surface area contributed by atoms with Crippen LogP contribution in [0.4, 0.5) is 5.69 Å². The SMILES string of the molecule is COc1cccc(C=CC(=O)Oc2ccc(NC(C)=O)cc2)c1OC(C)=O. The molecule has 27 heavy (non-hydrogen) atoms. The topological polar surface area (TPSA) is 90.9 Å². The molecule has 0 saturated heterocycles. The normalized spacial score (nSPS) is 10.3. The zero-order valence-electron chi connectivity index (χ0n) is 15.1. The van der Waals surface area contributed by atoms with Crippen LogP contribution in [-0.4, -0.2) is 25.0 Å². The van der Waals surface area contributed by atoms with Gasteiger partial charge in [0.2, 0.25) is 5.91 Å². The number of ether oxygens (including phenoxy) is 3. The quantitative estimate of drug-likeness (QED) is 0.478. The molecule has 7 nitrogen and oxygen atoms in total. The zero-order chi connectivity index (χ0) is 19.8. The number of benzene rings is 2. The number of esters is 2. The van der Waals surface area contributed by atoms with Crippen LogP contribution in [0.15, 0.2) is 48.5 Å². The number of hydrogen-bond donors (Lipinski definition) is 1. The van der Waals surface area contributed by atoms with Gasteiger partial charge >= 0.3 is 11.9 Å². The number of anilines is 1. The minimum absolute atomic E-state index is 0.190. The lowest BCUT2D eigenvalue weighted by Crippen LogP contribution is -2.07. The van der Waals surface area contributed by atoms with Crippen LogP contribution < -0.4 is 19.5 Å². The third kappa shape index (κ3) is 6.00. The summed E-state index contributed by atoms with van der Waals surface area (Å²) in [6.07, 6.45) is 2.68. The van der Waals surface area contributed by atoms with Crippen molar-refractivity contribution in [1.29, 1.82) is 0 Å². The summed E-state index contributed by atoms with van der Waals surface area (Å²) in [5.74, 6) is -0.394. The van der Waals surface area contributed by atoms with E-state index < -0.39 is 11.9 Å². The van der Waals surface area contributed by atoms with Crippen LogP contribution >= 0.6 is 0 Å². The summed E-state index contributed by atoms with van der Waals surface area (Å²) in [5.41, 5.74) is 1.09. The van der Waals surface area contributed by atoms with Crippen molar-refractivity contribution < 1.29 is 28.6 Å². The van der Waals surface area contributed by atoms with E-state index in [2.05, 4.69) is 5.32 Å². The molecule has 2 rings (SSSR count). The molecule has 0 aromatic heterocycles. The molecule has 2 aromatic carbocycles. The largest absolute Gasteiger partial charge is 0.493 e. The summed E-state index contributed by atoms with van der Waals surface area (Å²) in [6, 6.07) is 11.4. The van der Waals surface area contributed by atoms with Crippen LogP contribution in [0.3, 0.4) is 0 Å². The molecule has 1 N–H and O–H groups in total. The van der Waals surface area contributed by atoms with Gasteiger partial charge in [0.05, 0.1) is 7.11 Å². The maximum absolute atomic E-state index is 12.0. The maximum Gasteiger partial charge on any atom is 0.336 e. The number of hydrogen-bond acceptors (Lipinski definition) is 6. The van der Waals surface area contributed by atoms with Gasteiger partial charge in [0.25, 0.3) is 0 Å².